The number of aryl methyl sites for hydroxylation is 1. The van der Waals surface area contributed by atoms with E-state index in [2.05, 4.69) is 31.9 Å². The molecule has 2 aromatic heterocycles. The zero-order valence-electron chi connectivity index (χ0n) is 9.80. The number of hydrogen-bond acceptors (Lipinski definition) is 5. The number of rotatable bonds is 3. The van der Waals surface area contributed by atoms with E-state index >= 15 is 0 Å². The molecular weight excluding hydrogens is 234 g/mol. The molecule has 0 N–H and O–H groups in total. The lowest BCUT2D eigenvalue weighted by atomic mass is 10.1. The summed E-state index contributed by atoms with van der Waals surface area (Å²) in [6.45, 7) is 3.73. The van der Waals surface area contributed by atoms with Gasteiger partial charge < -0.3 is 4.52 Å². The van der Waals surface area contributed by atoms with Crippen LogP contribution in [0, 0.1) is 6.92 Å². The molecule has 4 nitrogen and oxygen atoms in total. The first-order chi connectivity index (χ1) is 8.33. The molecule has 0 amide bonds. The van der Waals surface area contributed by atoms with Crippen molar-refractivity contribution in [1.82, 2.24) is 15.0 Å². The van der Waals surface area contributed by atoms with Crippen LogP contribution in [0.4, 0.5) is 0 Å². The maximum atomic E-state index is 5.19. The Labute approximate surface area is 104 Å². The molecule has 0 saturated carbocycles. The normalized spacial score (nSPS) is 21.1. The third-order valence-electron chi connectivity index (χ3n) is 3.20. The van der Waals surface area contributed by atoms with Crippen molar-refractivity contribution in [1.29, 1.82) is 0 Å². The molecule has 1 fully saturated rings. The van der Waals surface area contributed by atoms with Gasteiger partial charge in [-0.1, -0.05) is 5.16 Å². The fourth-order valence-corrected chi connectivity index (χ4v) is 3.14. The van der Waals surface area contributed by atoms with Gasteiger partial charge in [-0.05, 0) is 48.7 Å². The molecule has 1 atom stereocenters. The summed E-state index contributed by atoms with van der Waals surface area (Å²) in [7, 11) is 0. The van der Waals surface area contributed by atoms with Gasteiger partial charge in [0.05, 0.1) is 6.54 Å². The predicted octanol–water partition coefficient (Wildman–Crippen LogP) is 2.78. The van der Waals surface area contributed by atoms with E-state index in [4.69, 9.17) is 4.52 Å². The molecular formula is C12H15N3OS. The van der Waals surface area contributed by atoms with Crippen LogP contribution in [-0.2, 0) is 6.54 Å². The molecule has 1 saturated heterocycles. The minimum atomic E-state index is 0.522. The van der Waals surface area contributed by atoms with Crippen molar-refractivity contribution >= 4 is 11.3 Å². The Bertz CT molecular complexity index is 480. The number of hydrogen-bond donors (Lipinski definition) is 0. The Hall–Kier alpha value is -1.20. The van der Waals surface area contributed by atoms with Gasteiger partial charge in [0.15, 0.2) is 5.82 Å². The highest BCUT2D eigenvalue weighted by Crippen LogP contribution is 2.33. The third-order valence-corrected chi connectivity index (χ3v) is 3.90. The second-order valence-corrected chi connectivity index (χ2v) is 5.20. The average Bonchev–Trinajstić information content (AvgIpc) is 3.00. The lowest BCUT2D eigenvalue weighted by Crippen LogP contribution is -2.22. The lowest BCUT2D eigenvalue weighted by Gasteiger charge is -2.21. The Morgan fingerprint density at radius 1 is 1.59 bits per heavy atom. The quantitative estimate of drug-likeness (QED) is 0.839. The number of nitrogens with zero attached hydrogens (tertiary/aromatic N) is 3. The zero-order valence-corrected chi connectivity index (χ0v) is 10.6. The van der Waals surface area contributed by atoms with Gasteiger partial charge in [-0.25, -0.2) is 0 Å². The van der Waals surface area contributed by atoms with Gasteiger partial charge in [-0.2, -0.15) is 16.3 Å². The lowest BCUT2D eigenvalue weighted by molar-refractivity contribution is 0.212. The fourth-order valence-electron chi connectivity index (χ4n) is 2.44. The molecule has 17 heavy (non-hydrogen) atoms. The van der Waals surface area contributed by atoms with Crippen LogP contribution < -0.4 is 0 Å². The Morgan fingerprint density at radius 3 is 3.24 bits per heavy atom. The van der Waals surface area contributed by atoms with Gasteiger partial charge in [0, 0.05) is 6.04 Å². The molecule has 1 unspecified atom stereocenters. The molecule has 3 heterocycles. The van der Waals surface area contributed by atoms with Crippen molar-refractivity contribution in [3.63, 3.8) is 0 Å². The molecule has 0 aromatic carbocycles. The Morgan fingerprint density at radius 2 is 2.53 bits per heavy atom. The van der Waals surface area contributed by atoms with E-state index in [0.717, 1.165) is 19.0 Å². The fraction of sp³-hybridized carbons (Fsp3) is 0.500. The first kappa shape index (κ1) is 10.9. The van der Waals surface area contributed by atoms with Crippen molar-refractivity contribution in [3.8, 4) is 0 Å². The summed E-state index contributed by atoms with van der Waals surface area (Å²) < 4.78 is 5.19. The van der Waals surface area contributed by atoms with Crippen LogP contribution in [0.5, 0.6) is 0 Å². The first-order valence-electron chi connectivity index (χ1n) is 5.88. The van der Waals surface area contributed by atoms with Crippen molar-refractivity contribution in [3.05, 3.63) is 34.1 Å². The highest BCUT2D eigenvalue weighted by Gasteiger charge is 2.27. The molecule has 5 heteroatoms. The molecule has 0 bridgehead atoms. The molecule has 2 aromatic rings. The van der Waals surface area contributed by atoms with Crippen LogP contribution in [0.3, 0.4) is 0 Å². The van der Waals surface area contributed by atoms with Gasteiger partial charge >= 0.3 is 0 Å². The van der Waals surface area contributed by atoms with E-state index in [-0.39, 0.29) is 0 Å². The van der Waals surface area contributed by atoms with Crippen molar-refractivity contribution in [2.24, 2.45) is 0 Å². The molecule has 0 aliphatic carbocycles. The average molecular weight is 249 g/mol. The van der Waals surface area contributed by atoms with Crippen molar-refractivity contribution < 1.29 is 4.52 Å². The van der Waals surface area contributed by atoms with Gasteiger partial charge in [-0.3, -0.25) is 4.90 Å². The van der Waals surface area contributed by atoms with Gasteiger partial charge in [0.25, 0.3) is 0 Å². The Kier molecular flexibility index (Phi) is 2.94. The maximum absolute atomic E-state index is 5.19. The van der Waals surface area contributed by atoms with Gasteiger partial charge in [0.2, 0.25) is 5.89 Å². The maximum Gasteiger partial charge on any atom is 0.240 e. The van der Waals surface area contributed by atoms with Crippen molar-refractivity contribution in [2.75, 3.05) is 6.54 Å². The largest absolute Gasteiger partial charge is 0.338 e. The first-order valence-corrected chi connectivity index (χ1v) is 6.82. The topological polar surface area (TPSA) is 42.2 Å². The molecule has 1 aliphatic rings. The number of aromatic nitrogens is 2. The monoisotopic (exact) mass is 249 g/mol. The standard InChI is InChI=1S/C12H15N3OS/c1-9-13-12(16-14-9)7-15-5-2-3-11(15)10-4-6-17-8-10/h4,6,8,11H,2-3,5,7H2,1H3. The van der Waals surface area contributed by atoms with E-state index in [1.807, 2.05) is 6.92 Å². The van der Waals surface area contributed by atoms with E-state index in [9.17, 15) is 0 Å². The summed E-state index contributed by atoms with van der Waals surface area (Å²) in [4.78, 5) is 6.70. The summed E-state index contributed by atoms with van der Waals surface area (Å²) in [5.41, 5.74) is 1.42. The number of thiophene rings is 1. The van der Waals surface area contributed by atoms with Crippen LogP contribution >= 0.6 is 11.3 Å². The Balaban J connectivity index is 1.74. The van der Waals surface area contributed by atoms with E-state index in [1.54, 1.807) is 11.3 Å². The van der Waals surface area contributed by atoms with Crippen LogP contribution in [0.25, 0.3) is 0 Å². The van der Waals surface area contributed by atoms with Crippen LogP contribution in [0.15, 0.2) is 21.3 Å². The van der Waals surface area contributed by atoms with E-state index < -0.39 is 0 Å². The molecule has 0 spiro atoms. The molecule has 3 rings (SSSR count). The van der Waals surface area contributed by atoms with Gasteiger partial charge in [-0.15, -0.1) is 0 Å². The molecule has 90 valence electrons. The second kappa shape index (κ2) is 4.58. The highest BCUT2D eigenvalue weighted by atomic mass is 32.1. The minimum Gasteiger partial charge on any atom is -0.338 e. The molecule has 0 radical (unpaired) electrons. The van der Waals surface area contributed by atoms with Crippen LogP contribution in [0.2, 0.25) is 0 Å². The van der Waals surface area contributed by atoms with Gasteiger partial charge in [0.1, 0.15) is 0 Å². The summed E-state index contributed by atoms with van der Waals surface area (Å²) in [6.07, 6.45) is 2.47. The van der Waals surface area contributed by atoms with E-state index in [0.29, 0.717) is 11.9 Å². The second-order valence-electron chi connectivity index (χ2n) is 4.42. The number of likely N-dealkylation sites (tertiary alicyclic amines) is 1. The molecule has 1 aliphatic heterocycles. The highest BCUT2D eigenvalue weighted by molar-refractivity contribution is 7.07. The zero-order chi connectivity index (χ0) is 11.7. The summed E-state index contributed by atoms with van der Waals surface area (Å²) in [5, 5.41) is 8.22. The predicted molar refractivity (Wildman–Crippen MR) is 65.7 cm³/mol. The summed E-state index contributed by atoms with van der Waals surface area (Å²) >= 11 is 1.76. The minimum absolute atomic E-state index is 0.522. The van der Waals surface area contributed by atoms with Crippen molar-refractivity contribution in [2.45, 2.75) is 32.4 Å². The SMILES string of the molecule is Cc1noc(CN2CCCC2c2ccsc2)n1. The smallest absolute Gasteiger partial charge is 0.240 e. The third kappa shape index (κ3) is 2.25. The van der Waals surface area contributed by atoms with E-state index in [1.165, 1.54) is 18.4 Å². The summed E-state index contributed by atoms with van der Waals surface area (Å²) in [6, 6.07) is 2.74. The van der Waals surface area contributed by atoms with Crippen LogP contribution in [-0.4, -0.2) is 21.6 Å². The summed E-state index contributed by atoms with van der Waals surface area (Å²) in [5.74, 6) is 1.44. The van der Waals surface area contributed by atoms with Crippen LogP contribution in [0.1, 0.15) is 36.2 Å².